The van der Waals surface area contributed by atoms with Crippen LogP contribution in [0.3, 0.4) is 0 Å². The topological polar surface area (TPSA) is 79.7 Å². The van der Waals surface area contributed by atoms with Crippen molar-refractivity contribution in [2.75, 3.05) is 6.54 Å². The lowest BCUT2D eigenvalue weighted by Gasteiger charge is -2.24. The Kier molecular flexibility index (Phi) is 4.97. The maximum Gasteiger partial charge on any atom is 0.308 e. The zero-order chi connectivity index (χ0) is 17.8. The molecule has 1 saturated carbocycles. The summed E-state index contributed by atoms with van der Waals surface area (Å²) in [5, 5.41) is 9.10. The largest absolute Gasteiger partial charge is 0.481 e. The second-order valence-electron chi connectivity index (χ2n) is 6.24. The number of benzene rings is 1. The molecule has 0 saturated heterocycles. The number of carboxylic acids is 1. The molecule has 6 nitrogen and oxygen atoms in total. The zero-order valence-electron chi connectivity index (χ0n) is 14.0. The Morgan fingerprint density at radius 3 is 2.52 bits per heavy atom. The molecule has 1 aromatic carbocycles. The minimum absolute atomic E-state index is 0.136. The molecule has 1 atom stereocenters. The molecule has 1 aromatic heterocycles. The summed E-state index contributed by atoms with van der Waals surface area (Å²) in [5.74, 6) is -0.377. The van der Waals surface area contributed by atoms with E-state index in [1.54, 1.807) is 60.6 Å². The van der Waals surface area contributed by atoms with Crippen LogP contribution in [0.4, 0.5) is 0 Å². The Labute approximate surface area is 146 Å². The predicted octanol–water partition coefficient (Wildman–Crippen LogP) is 3.20. The second kappa shape index (κ2) is 7.34. The van der Waals surface area contributed by atoms with E-state index in [0.29, 0.717) is 17.1 Å². The van der Waals surface area contributed by atoms with Crippen LogP contribution in [0.2, 0.25) is 0 Å². The van der Waals surface area contributed by atoms with Crippen LogP contribution in [-0.4, -0.2) is 39.5 Å². The van der Waals surface area contributed by atoms with Gasteiger partial charge in [-0.25, -0.2) is 0 Å². The molecule has 1 fully saturated rings. The van der Waals surface area contributed by atoms with Crippen LogP contribution in [0.25, 0.3) is 0 Å². The molecule has 130 valence electrons. The third-order valence-corrected chi connectivity index (χ3v) is 4.11. The van der Waals surface area contributed by atoms with Gasteiger partial charge in [0.2, 0.25) is 0 Å². The Morgan fingerprint density at radius 1 is 1.24 bits per heavy atom. The molecular weight excluding hydrogens is 320 g/mol. The maximum absolute atomic E-state index is 12.7. The van der Waals surface area contributed by atoms with Crippen LogP contribution in [0.15, 0.2) is 48.8 Å². The van der Waals surface area contributed by atoms with E-state index in [2.05, 4.69) is 4.98 Å². The Morgan fingerprint density at radius 2 is 1.96 bits per heavy atom. The van der Waals surface area contributed by atoms with Gasteiger partial charge in [0, 0.05) is 24.3 Å². The van der Waals surface area contributed by atoms with Crippen molar-refractivity contribution in [2.24, 2.45) is 5.92 Å². The minimum atomic E-state index is -0.890. The summed E-state index contributed by atoms with van der Waals surface area (Å²) >= 11 is 0. The molecule has 6 heteroatoms. The van der Waals surface area contributed by atoms with Crippen molar-refractivity contribution in [3.05, 3.63) is 54.4 Å². The van der Waals surface area contributed by atoms with E-state index in [1.807, 2.05) is 0 Å². The highest BCUT2D eigenvalue weighted by Gasteiger charge is 2.34. The number of amides is 1. The molecule has 0 radical (unpaired) electrons. The number of nitrogens with zero attached hydrogens (tertiary/aromatic N) is 2. The van der Waals surface area contributed by atoms with E-state index >= 15 is 0 Å². The summed E-state index contributed by atoms with van der Waals surface area (Å²) < 4.78 is 5.66. The zero-order valence-corrected chi connectivity index (χ0v) is 14.0. The summed E-state index contributed by atoms with van der Waals surface area (Å²) in [4.78, 5) is 29.5. The second-order valence-corrected chi connectivity index (χ2v) is 6.24. The molecule has 0 aliphatic heterocycles. The number of hydrogen-bond donors (Lipinski definition) is 1. The Bertz CT molecular complexity index is 742. The van der Waals surface area contributed by atoms with E-state index in [0.717, 1.165) is 12.8 Å². The van der Waals surface area contributed by atoms with Crippen LogP contribution in [0, 0.1) is 5.92 Å². The van der Waals surface area contributed by atoms with Crippen molar-refractivity contribution in [2.45, 2.75) is 25.8 Å². The van der Waals surface area contributed by atoms with Gasteiger partial charge in [0.05, 0.1) is 12.1 Å². The SMILES string of the molecule is CC(CN(C(=O)c1ccc(Oc2cccnc2)cc1)C1CC1)C(=O)O. The number of aromatic nitrogens is 1. The predicted molar refractivity (Wildman–Crippen MR) is 91.6 cm³/mol. The van der Waals surface area contributed by atoms with Crippen molar-refractivity contribution < 1.29 is 19.4 Å². The molecule has 0 spiro atoms. The molecule has 3 rings (SSSR count). The molecule has 1 heterocycles. The first kappa shape index (κ1) is 17.0. The van der Waals surface area contributed by atoms with Gasteiger partial charge in [-0.1, -0.05) is 6.92 Å². The Hall–Kier alpha value is -2.89. The normalized spacial score (nSPS) is 14.6. The van der Waals surface area contributed by atoms with Crippen molar-refractivity contribution in [1.29, 1.82) is 0 Å². The van der Waals surface area contributed by atoms with Gasteiger partial charge in [0.15, 0.2) is 0 Å². The molecule has 25 heavy (non-hydrogen) atoms. The molecule has 2 aromatic rings. The third kappa shape index (κ3) is 4.35. The fourth-order valence-corrected chi connectivity index (χ4v) is 2.53. The fraction of sp³-hybridized carbons (Fsp3) is 0.316. The van der Waals surface area contributed by atoms with Gasteiger partial charge >= 0.3 is 5.97 Å². The molecule has 1 amide bonds. The van der Waals surface area contributed by atoms with Gasteiger partial charge < -0.3 is 14.7 Å². The number of hydrogen-bond acceptors (Lipinski definition) is 4. The van der Waals surface area contributed by atoms with Crippen LogP contribution in [0.5, 0.6) is 11.5 Å². The van der Waals surface area contributed by atoms with Gasteiger partial charge in [0.1, 0.15) is 11.5 Å². The number of aliphatic carboxylic acids is 1. The molecule has 1 unspecified atom stereocenters. The third-order valence-electron chi connectivity index (χ3n) is 4.11. The van der Waals surface area contributed by atoms with Gasteiger partial charge in [-0.3, -0.25) is 14.6 Å². The Balaban J connectivity index is 1.69. The number of carboxylic acid groups (broad SMARTS) is 1. The fourth-order valence-electron chi connectivity index (χ4n) is 2.53. The average Bonchev–Trinajstić information content (AvgIpc) is 3.45. The van der Waals surface area contributed by atoms with Crippen molar-refractivity contribution >= 4 is 11.9 Å². The number of ether oxygens (including phenoxy) is 1. The first-order valence-corrected chi connectivity index (χ1v) is 8.26. The maximum atomic E-state index is 12.7. The van der Waals surface area contributed by atoms with Gasteiger partial charge in [-0.15, -0.1) is 0 Å². The van der Waals surface area contributed by atoms with Crippen molar-refractivity contribution in [1.82, 2.24) is 9.88 Å². The molecule has 1 aliphatic carbocycles. The van der Waals surface area contributed by atoms with Crippen LogP contribution < -0.4 is 4.74 Å². The quantitative estimate of drug-likeness (QED) is 0.837. The molecular formula is C19H20N2O4. The minimum Gasteiger partial charge on any atom is -0.481 e. The summed E-state index contributed by atoms with van der Waals surface area (Å²) in [5.41, 5.74) is 0.531. The van der Waals surface area contributed by atoms with E-state index < -0.39 is 11.9 Å². The summed E-state index contributed by atoms with van der Waals surface area (Å²) in [6, 6.07) is 10.6. The van der Waals surface area contributed by atoms with E-state index in [4.69, 9.17) is 9.84 Å². The average molecular weight is 340 g/mol. The highest BCUT2D eigenvalue weighted by molar-refractivity contribution is 5.95. The van der Waals surface area contributed by atoms with Gasteiger partial charge in [-0.05, 0) is 49.2 Å². The molecule has 1 aliphatic rings. The van der Waals surface area contributed by atoms with Gasteiger partial charge in [-0.2, -0.15) is 0 Å². The van der Waals surface area contributed by atoms with Crippen LogP contribution in [-0.2, 0) is 4.79 Å². The van der Waals surface area contributed by atoms with Gasteiger partial charge in [0.25, 0.3) is 5.91 Å². The smallest absolute Gasteiger partial charge is 0.308 e. The number of carbonyl (C=O) groups excluding carboxylic acids is 1. The van der Waals surface area contributed by atoms with E-state index in [-0.39, 0.29) is 18.5 Å². The highest BCUT2D eigenvalue weighted by Crippen LogP contribution is 2.29. The van der Waals surface area contributed by atoms with Crippen LogP contribution in [0.1, 0.15) is 30.1 Å². The first-order chi connectivity index (χ1) is 12.0. The lowest BCUT2D eigenvalue weighted by Crippen LogP contribution is -2.38. The number of carbonyl (C=O) groups is 2. The monoisotopic (exact) mass is 340 g/mol. The number of rotatable bonds is 7. The van der Waals surface area contributed by atoms with Crippen molar-refractivity contribution in [3.8, 4) is 11.5 Å². The summed E-state index contributed by atoms with van der Waals surface area (Å²) in [6.45, 7) is 1.85. The lowest BCUT2D eigenvalue weighted by molar-refractivity contribution is -0.141. The molecule has 1 N–H and O–H groups in total. The first-order valence-electron chi connectivity index (χ1n) is 8.26. The highest BCUT2D eigenvalue weighted by atomic mass is 16.5. The standard InChI is InChI=1S/C19H20N2O4/c1-13(19(23)24)12-21(15-6-7-15)18(22)14-4-8-16(9-5-14)25-17-3-2-10-20-11-17/h2-5,8-11,13,15H,6-7,12H2,1H3,(H,23,24). The van der Waals surface area contributed by atoms with E-state index in [9.17, 15) is 9.59 Å². The van der Waals surface area contributed by atoms with E-state index in [1.165, 1.54) is 0 Å². The summed E-state index contributed by atoms with van der Waals surface area (Å²) in [7, 11) is 0. The van der Waals surface area contributed by atoms with Crippen molar-refractivity contribution in [3.63, 3.8) is 0 Å². The summed E-state index contributed by atoms with van der Waals surface area (Å²) in [6.07, 6.45) is 5.14. The lowest BCUT2D eigenvalue weighted by atomic mass is 10.1. The van der Waals surface area contributed by atoms with Crippen LogP contribution >= 0.6 is 0 Å². The number of pyridine rings is 1. The molecule has 0 bridgehead atoms.